The lowest BCUT2D eigenvalue weighted by molar-refractivity contribution is 0.0900. The molecule has 1 saturated heterocycles. The van der Waals surface area contributed by atoms with Gasteiger partial charge in [0.2, 0.25) is 0 Å². The van der Waals surface area contributed by atoms with E-state index in [-0.39, 0.29) is 12.0 Å². The van der Waals surface area contributed by atoms with E-state index in [4.69, 9.17) is 21.3 Å². The zero-order chi connectivity index (χ0) is 21.3. The maximum atomic E-state index is 12.2. The maximum Gasteiger partial charge on any atom is 0.409 e. The Kier molecular flexibility index (Phi) is 6.54. The Morgan fingerprint density at radius 1 is 1.37 bits per heavy atom. The predicted octanol–water partition coefficient (Wildman–Crippen LogP) is 6.06. The number of rotatable bonds is 3. The molecule has 1 fully saturated rings. The number of nitrogens with zero attached hydrogens (tertiary/aromatic N) is 2. The average molecular weight is 487 g/mol. The number of piperidine rings is 1. The molecule has 1 aliphatic carbocycles. The van der Waals surface area contributed by atoms with Crippen molar-refractivity contribution in [2.24, 2.45) is 5.92 Å². The number of likely N-dealkylation sites (tertiary alicyclic amines) is 1. The highest BCUT2D eigenvalue weighted by Gasteiger charge is 2.35. The number of hydrogen-bond acceptors (Lipinski definition) is 3. The van der Waals surface area contributed by atoms with Crippen LogP contribution in [0, 0.1) is 5.92 Å². The van der Waals surface area contributed by atoms with Crippen LogP contribution in [0.25, 0.3) is 11.5 Å². The van der Waals surface area contributed by atoms with Crippen LogP contribution in [0.15, 0.2) is 34.9 Å². The number of aromatic nitrogens is 1. The lowest BCUT2D eigenvalue weighted by atomic mass is 9.68. The third-order valence-electron chi connectivity index (χ3n) is 6.06. The minimum Gasteiger partial charge on any atom is -0.450 e. The maximum absolute atomic E-state index is 12.2. The number of hydrogen-bond donors (Lipinski definition) is 0. The second-order valence-corrected chi connectivity index (χ2v) is 8.98. The molecular formula is C23H24BBrClN2O2. The Bertz CT molecular complexity index is 989. The van der Waals surface area contributed by atoms with Crippen LogP contribution in [0.3, 0.4) is 0 Å². The second kappa shape index (κ2) is 9.15. The first-order chi connectivity index (χ1) is 14.5. The van der Waals surface area contributed by atoms with Gasteiger partial charge >= 0.3 is 6.09 Å². The Morgan fingerprint density at radius 2 is 2.13 bits per heavy atom. The summed E-state index contributed by atoms with van der Waals surface area (Å²) < 4.78 is 6.09. The highest BCUT2D eigenvalue weighted by Crippen LogP contribution is 2.45. The molecule has 1 amide bonds. The van der Waals surface area contributed by atoms with Crippen molar-refractivity contribution in [2.75, 3.05) is 19.7 Å². The minimum absolute atomic E-state index is 0.141. The number of carbonyl (C=O) groups excluding carboxylic acids is 1. The summed E-state index contributed by atoms with van der Waals surface area (Å²) >= 11 is 10.1. The Hall–Kier alpha value is -1.79. The monoisotopic (exact) mass is 485 g/mol. The van der Waals surface area contributed by atoms with E-state index in [2.05, 4.69) is 48.2 Å². The molecule has 0 N–H and O–H groups in total. The van der Waals surface area contributed by atoms with E-state index in [9.17, 15) is 4.79 Å². The molecule has 0 bridgehead atoms. The van der Waals surface area contributed by atoms with Gasteiger partial charge in [-0.15, -0.1) is 0 Å². The zero-order valence-corrected chi connectivity index (χ0v) is 19.5. The van der Waals surface area contributed by atoms with Crippen molar-refractivity contribution in [1.29, 1.82) is 0 Å². The molecule has 1 aromatic carbocycles. The molecule has 0 spiro atoms. The smallest absolute Gasteiger partial charge is 0.409 e. The number of amides is 1. The first-order valence-corrected chi connectivity index (χ1v) is 11.6. The van der Waals surface area contributed by atoms with E-state index in [1.165, 1.54) is 11.1 Å². The molecule has 0 saturated carbocycles. The molecule has 7 heteroatoms. The normalized spacial score (nSPS) is 18.7. The Balaban J connectivity index is 1.76. The fourth-order valence-electron chi connectivity index (χ4n) is 4.62. The highest BCUT2D eigenvalue weighted by atomic mass is 79.9. The minimum atomic E-state index is -0.213. The SMILES string of the molecule is C[B]C1=Cc2cc(Cl)c(Br)cc2C(C2CCN(C(=O)OCC)CC2)c2ncccc21. The van der Waals surface area contributed by atoms with Crippen molar-refractivity contribution in [3.8, 4) is 0 Å². The lowest BCUT2D eigenvalue weighted by Gasteiger charge is -2.36. The summed E-state index contributed by atoms with van der Waals surface area (Å²) in [6.07, 6.45) is 5.69. The predicted molar refractivity (Wildman–Crippen MR) is 126 cm³/mol. The van der Waals surface area contributed by atoms with Crippen molar-refractivity contribution in [2.45, 2.75) is 32.5 Å². The molecule has 155 valence electrons. The van der Waals surface area contributed by atoms with E-state index in [1.54, 1.807) is 0 Å². The number of pyridine rings is 1. The summed E-state index contributed by atoms with van der Waals surface area (Å²) in [6.45, 7) is 5.71. The largest absolute Gasteiger partial charge is 0.450 e. The van der Waals surface area contributed by atoms with Crippen LogP contribution in [0.5, 0.6) is 0 Å². The van der Waals surface area contributed by atoms with Crippen molar-refractivity contribution in [3.63, 3.8) is 0 Å². The summed E-state index contributed by atoms with van der Waals surface area (Å²) in [4.78, 5) is 18.8. The summed E-state index contributed by atoms with van der Waals surface area (Å²) in [7, 11) is 2.13. The molecule has 1 atom stereocenters. The van der Waals surface area contributed by atoms with Gasteiger partial charge in [0.25, 0.3) is 0 Å². The summed E-state index contributed by atoms with van der Waals surface area (Å²) in [6, 6.07) is 8.33. The topological polar surface area (TPSA) is 42.4 Å². The van der Waals surface area contributed by atoms with Gasteiger partial charge < -0.3 is 9.64 Å². The number of ether oxygens (including phenoxy) is 1. The van der Waals surface area contributed by atoms with E-state index in [0.29, 0.717) is 30.6 Å². The van der Waals surface area contributed by atoms with Gasteiger partial charge in [-0.2, -0.15) is 0 Å². The number of benzene rings is 1. The molecule has 1 unspecified atom stereocenters. The van der Waals surface area contributed by atoms with Gasteiger partial charge in [0, 0.05) is 29.7 Å². The van der Waals surface area contributed by atoms with Gasteiger partial charge in [-0.3, -0.25) is 4.98 Å². The van der Waals surface area contributed by atoms with Crippen LogP contribution < -0.4 is 0 Å². The van der Waals surface area contributed by atoms with Crippen molar-refractivity contribution in [1.82, 2.24) is 9.88 Å². The summed E-state index contributed by atoms with van der Waals surface area (Å²) in [5, 5.41) is 0.704. The Labute approximate surface area is 192 Å². The van der Waals surface area contributed by atoms with Gasteiger partial charge in [-0.1, -0.05) is 36.0 Å². The van der Waals surface area contributed by atoms with Crippen LogP contribution in [0.1, 0.15) is 48.1 Å². The van der Waals surface area contributed by atoms with Crippen LogP contribution in [0.2, 0.25) is 11.8 Å². The van der Waals surface area contributed by atoms with Gasteiger partial charge in [0.1, 0.15) is 7.28 Å². The fraction of sp³-hybridized carbons (Fsp3) is 0.391. The molecular weight excluding hydrogens is 462 g/mol. The van der Waals surface area contributed by atoms with Crippen LogP contribution in [-0.4, -0.2) is 43.0 Å². The lowest BCUT2D eigenvalue weighted by Crippen LogP contribution is -2.40. The fourth-order valence-corrected chi connectivity index (χ4v) is 5.15. The summed E-state index contributed by atoms with van der Waals surface area (Å²) in [5.41, 5.74) is 5.79. The number of halogens is 2. The molecule has 1 radical (unpaired) electrons. The standard InChI is InChI=1S/C23H24BBrClN2O2/c1-3-30-23(29)28-9-6-14(7-10-28)21-17-13-19(25)20(26)12-15(17)11-18(24-2)16-5-4-8-27-22(16)21/h4-5,8,11-14,21H,3,6-7,9-10H2,1-2H3. The third kappa shape index (κ3) is 4.04. The van der Waals surface area contributed by atoms with Gasteiger partial charge in [-0.25, -0.2) is 4.79 Å². The molecule has 2 aliphatic rings. The first-order valence-electron chi connectivity index (χ1n) is 10.4. The number of fused-ring (bicyclic) bond motifs is 2. The third-order valence-corrected chi connectivity index (χ3v) is 7.26. The molecule has 30 heavy (non-hydrogen) atoms. The van der Waals surface area contributed by atoms with Crippen LogP contribution >= 0.6 is 27.5 Å². The number of carbonyl (C=O) groups is 1. The molecule has 4 nitrogen and oxygen atoms in total. The molecule has 2 aromatic rings. The quantitative estimate of drug-likeness (QED) is 0.495. The van der Waals surface area contributed by atoms with Crippen molar-refractivity contribution < 1.29 is 9.53 Å². The van der Waals surface area contributed by atoms with Gasteiger partial charge in [0.05, 0.1) is 17.3 Å². The van der Waals surface area contributed by atoms with Crippen LogP contribution in [-0.2, 0) is 4.74 Å². The molecule has 4 rings (SSSR count). The first kappa shape index (κ1) is 21.4. The van der Waals surface area contributed by atoms with Crippen molar-refractivity contribution >= 4 is 52.5 Å². The van der Waals surface area contributed by atoms with E-state index >= 15 is 0 Å². The Morgan fingerprint density at radius 3 is 2.83 bits per heavy atom. The van der Waals surface area contributed by atoms with E-state index in [0.717, 1.165) is 34.0 Å². The summed E-state index contributed by atoms with van der Waals surface area (Å²) in [5.74, 6) is 0.517. The zero-order valence-electron chi connectivity index (χ0n) is 17.2. The van der Waals surface area contributed by atoms with E-state index in [1.807, 2.05) is 30.2 Å². The van der Waals surface area contributed by atoms with Crippen LogP contribution in [0.4, 0.5) is 4.79 Å². The van der Waals surface area contributed by atoms with Crippen molar-refractivity contribution in [3.05, 3.63) is 62.3 Å². The highest BCUT2D eigenvalue weighted by molar-refractivity contribution is 9.10. The van der Waals surface area contributed by atoms with Gasteiger partial charge in [-0.05, 0) is 76.5 Å². The van der Waals surface area contributed by atoms with E-state index < -0.39 is 0 Å². The molecule has 2 heterocycles. The molecule has 1 aromatic heterocycles. The van der Waals surface area contributed by atoms with Gasteiger partial charge in [0.15, 0.2) is 0 Å². The average Bonchev–Trinajstić information content (AvgIpc) is 2.89. The second-order valence-electron chi connectivity index (χ2n) is 7.72. The molecule has 1 aliphatic heterocycles.